The number of para-hydroxylation sites is 1. The molecule has 1 aliphatic carbocycles. The number of halogens is 3. The second kappa shape index (κ2) is 11.4. The third-order valence-electron chi connectivity index (χ3n) is 7.88. The zero-order valence-corrected chi connectivity index (χ0v) is 22.5. The maximum Gasteiger partial charge on any atom is 0.453 e. The Morgan fingerprint density at radius 1 is 0.854 bits per heavy atom. The number of carbonyl (C=O) groups excluding carboxylic acids is 1. The van der Waals surface area contributed by atoms with Gasteiger partial charge in [0.1, 0.15) is 0 Å². The number of nitrogens with one attached hydrogen (secondary N) is 2. The third kappa shape index (κ3) is 6.12. The molecule has 2 aliphatic rings. The van der Waals surface area contributed by atoms with Crippen molar-refractivity contribution in [3.63, 3.8) is 0 Å². The number of hydrogen-bond donors (Lipinski definition) is 2. The maximum absolute atomic E-state index is 13.6. The maximum atomic E-state index is 13.6. The molecule has 1 fully saturated rings. The van der Waals surface area contributed by atoms with Crippen LogP contribution in [0.3, 0.4) is 0 Å². The molecule has 1 saturated heterocycles. The molecule has 1 unspecified atom stereocenters. The molecule has 10 heteroatoms. The average Bonchev–Trinajstić information content (AvgIpc) is 3.61. The van der Waals surface area contributed by atoms with E-state index in [0.29, 0.717) is 28.7 Å². The summed E-state index contributed by atoms with van der Waals surface area (Å²) in [4.78, 5) is 19.0. The number of alkyl halides is 3. The van der Waals surface area contributed by atoms with Gasteiger partial charge < -0.3 is 15.5 Å². The highest BCUT2D eigenvalue weighted by atomic mass is 19.4. The first-order chi connectivity index (χ1) is 19.8. The monoisotopic (exact) mass is 560 g/mol. The topological polar surface area (TPSA) is 75.1 Å². The van der Waals surface area contributed by atoms with Gasteiger partial charge in [0, 0.05) is 23.0 Å². The van der Waals surface area contributed by atoms with Crippen molar-refractivity contribution in [1.29, 1.82) is 0 Å². The molecule has 0 spiro atoms. The van der Waals surface area contributed by atoms with E-state index < -0.39 is 12.0 Å². The van der Waals surface area contributed by atoms with Crippen LogP contribution in [0.5, 0.6) is 0 Å². The van der Waals surface area contributed by atoms with E-state index in [0.717, 1.165) is 30.4 Å². The van der Waals surface area contributed by atoms with Crippen LogP contribution < -0.4 is 10.6 Å². The second-order valence-corrected chi connectivity index (χ2v) is 10.6. The first-order valence-electron chi connectivity index (χ1n) is 14.0. The predicted molar refractivity (Wildman–Crippen MR) is 152 cm³/mol. The van der Waals surface area contributed by atoms with E-state index in [-0.39, 0.29) is 11.9 Å². The Bertz CT molecular complexity index is 1510. The van der Waals surface area contributed by atoms with Gasteiger partial charge in [-0.05, 0) is 111 Å². The van der Waals surface area contributed by atoms with Crippen molar-refractivity contribution in [2.45, 2.75) is 50.7 Å². The van der Waals surface area contributed by atoms with Gasteiger partial charge in [-0.3, -0.25) is 4.79 Å². The third-order valence-corrected chi connectivity index (χ3v) is 7.88. The standard InChI is InChI=1S/C31H31F3N6O/c32-31(33,34)29-37-30(36-25-13-8-21-9-14-26(15-12-23(21)20-25)39-18-4-5-19-39)40(38-29)27-16-10-22(11-17-27)28(41)35-24-6-2-1-3-7-24/h1-3,6-8,10-11,13,16-17,20,26H,4-5,9,12,14-15,18-19H2,(H,35,41)(H,36,37,38). The zero-order chi connectivity index (χ0) is 28.4. The number of likely N-dealkylation sites (tertiary alicyclic amines) is 1. The Morgan fingerprint density at radius 3 is 2.27 bits per heavy atom. The molecule has 1 aromatic heterocycles. The number of hydrogen-bond acceptors (Lipinski definition) is 5. The highest BCUT2D eigenvalue weighted by molar-refractivity contribution is 6.04. The quantitative estimate of drug-likeness (QED) is 0.259. The molecule has 1 aliphatic heterocycles. The van der Waals surface area contributed by atoms with E-state index in [2.05, 4.69) is 31.7 Å². The van der Waals surface area contributed by atoms with Gasteiger partial charge in [-0.15, -0.1) is 5.10 Å². The lowest BCUT2D eigenvalue weighted by Crippen LogP contribution is -2.32. The van der Waals surface area contributed by atoms with Gasteiger partial charge in [-0.25, -0.2) is 0 Å². The van der Waals surface area contributed by atoms with E-state index in [1.807, 2.05) is 30.3 Å². The van der Waals surface area contributed by atoms with Crippen LogP contribution in [-0.2, 0) is 19.0 Å². The summed E-state index contributed by atoms with van der Waals surface area (Å²) in [6, 6.07) is 21.8. The summed E-state index contributed by atoms with van der Waals surface area (Å²) >= 11 is 0. The summed E-state index contributed by atoms with van der Waals surface area (Å²) in [6.45, 7) is 2.34. The Labute approximate surface area is 236 Å². The van der Waals surface area contributed by atoms with Crippen LogP contribution >= 0.6 is 0 Å². The molecule has 0 bridgehead atoms. The lowest BCUT2D eigenvalue weighted by Gasteiger charge is -2.25. The molecular formula is C31H31F3N6O. The minimum Gasteiger partial charge on any atom is -0.324 e. The molecule has 6 rings (SSSR count). The molecule has 0 radical (unpaired) electrons. The van der Waals surface area contributed by atoms with E-state index in [4.69, 9.17) is 0 Å². The summed E-state index contributed by atoms with van der Waals surface area (Å²) in [5.41, 5.74) is 4.51. The van der Waals surface area contributed by atoms with Gasteiger partial charge in [0.15, 0.2) is 0 Å². The van der Waals surface area contributed by atoms with Crippen LogP contribution in [0.25, 0.3) is 5.69 Å². The van der Waals surface area contributed by atoms with Crippen molar-refractivity contribution in [1.82, 2.24) is 19.7 Å². The fourth-order valence-electron chi connectivity index (χ4n) is 5.74. The van der Waals surface area contributed by atoms with Crippen molar-refractivity contribution in [3.8, 4) is 5.69 Å². The van der Waals surface area contributed by atoms with Crippen LogP contribution in [0, 0.1) is 0 Å². The molecule has 41 heavy (non-hydrogen) atoms. The van der Waals surface area contributed by atoms with Crippen molar-refractivity contribution >= 4 is 23.2 Å². The molecule has 2 heterocycles. The van der Waals surface area contributed by atoms with Crippen molar-refractivity contribution < 1.29 is 18.0 Å². The number of aromatic nitrogens is 3. The molecular weight excluding hydrogens is 529 g/mol. The van der Waals surface area contributed by atoms with Crippen LogP contribution in [0.1, 0.15) is 53.0 Å². The van der Waals surface area contributed by atoms with Crippen molar-refractivity contribution in [2.24, 2.45) is 0 Å². The summed E-state index contributed by atoms with van der Waals surface area (Å²) in [5, 5.41) is 9.62. The summed E-state index contributed by atoms with van der Waals surface area (Å²) < 4.78 is 42.0. The summed E-state index contributed by atoms with van der Waals surface area (Å²) in [5.74, 6) is -1.62. The van der Waals surface area contributed by atoms with Gasteiger partial charge in [0.25, 0.3) is 11.7 Å². The van der Waals surface area contributed by atoms with E-state index in [9.17, 15) is 18.0 Å². The summed E-state index contributed by atoms with van der Waals surface area (Å²) in [6.07, 6.45) is 1.95. The number of rotatable bonds is 6. The smallest absolute Gasteiger partial charge is 0.324 e. The molecule has 0 saturated carbocycles. The fourth-order valence-corrected chi connectivity index (χ4v) is 5.74. The highest BCUT2D eigenvalue weighted by Gasteiger charge is 2.37. The lowest BCUT2D eigenvalue weighted by atomic mass is 10.0. The normalized spacial score (nSPS) is 17.6. The number of anilines is 3. The first kappa shape index (κ1) is 27.0. The minimum atomic E-state index is -4.71. The van der Waals surface area contributed by atoms with Gasteiger partial charge in [0.2, 0.25) is 5.95 Å². The highest BCUT2D eigenvalue weighted by Crippen LogP contribution is 2.32. The molecule has 7 nitrogen and oxygen atoms in total. The van der Waals surface area contributed by atoms with Crippen LogP contribution in [0.4, 0.5) is 30.5 Å². The van der Waals surface area contributed by atoms with E-state index in [1.54, 1.807) is 36.4 Å². The largest absolute Gasteiger partial charge is 0.453 e. The molecule has 3 aromatic carbocycles. The van der Waals surface area contributed by atoms with E-state index >= 15 is 0 Å². The van der Waals surface area contributed by atoms with Crippen LogP contribution in [-0.4, -0.2) is 44.7 Å². The zero-order valence-electron chi connectivity index (χ0n) is 22.5. The summed E-state index contributed by atoms with van der Waals surface area (Å²) in [7, 11) is 0. The fraction of sp³-hybridized carbons (Fsp3) is 0.323. The van der Waals surface area contributed by atoms with Gasteiger partial charge in [0.05, 0.1) is 5.69 Å². The Hall–Kier alpha value is -4.18. The van der Waals surface area contributed by atoms with Crippen molar-refractivity contribution in [3.05, 3.63) is 95.3 Å². The molecule has 212 valence electrons. The minimum absolute atomic E-state index is 0.0534. The Morgan fingerprint density at radius 2 is 1.56 bits per heavy atom. The number of fused-ring (bicyclic) bond motifs is 1. The average molecular weight is 561 g/mol. The van der Waals surface area contributed by atoms with Crippen LogP contribution in [0.2, 0.25) is 0 Å². The van der Waals surface area contributed by atoms with Gasteiger partial charge in [-0.2, -0.15) is 22.8 Å². The lowest BCUT2D eigenvalue weighted by molar-refractivity contribution is -0.144. The molecule has 1 amide bonds. The van der Waals surface area contributed by atoms with Gasteiger partial charge in [-0.1, -0.05) is 24.3 Å². The van der Waals surface area contributed by atoms with E-state index in [1.165, 1.54) is 37.1 Å². The second-order valence-electron chi connectivity index (χ2n) is 10.6. The molecule has 2 N–H and O–H groups in total. The molecule has 1 atom stereocenters. The first-order valence-corrected chi connectivity index (χ1v) is 14.0. The number of aryl methyl sites for hydroxylation is 2. The number of benzene rings is 3. The van der Waals surface area contributed by atoms with Crippen LogP contribution in [0.15, 0.2) is 72.8 Å². The SMILES string of the molecule is O=C(Nc1ccccc1)c1ccc(-n2nc(C(F)(F)F)nc2Nc2ccc3c(c2)CCC(N2CCCC2)CC3)cc1. The van der Waals surface area contributed by atoms with Gasteiger partial charge >= 0.3 is 6.18 Å². The number of carbonyl (C=O) groups is 1. The Kier molecular flexibility index (Phi) is 7.49. The molecule has 4 aromatic rings. The predicted octanol–water partition coefficient (Wildman–Crippen LogP) is 6.63. The number of amides is 1. The Balaban J connectivity index is 1.22. The van der Waals surface area contributed by atoms with Crippen molar-refractivity contribution in [2.75, 3.05) is 23.7 Å². The number of nitrogens with zero attached hydrogens (tertiary/aromatic N) is 4.